The van der Waals surface area contributed by atoms with Gasteiger partial charge in [-0.05, 0) is 24.5 Å². The Labute approximate surface area is 155 Å². The van der Waals surface area contributed by atoms with E-state index in [-0.39, 0.29) is 5.75 Å². The Hall–Kier alpha value is -1.31. The fraction of sp³-hybridized carbons (Fsp3) is 0.696. The number of aryl methyl sites for hydroxylation is 1. The molecule has 142 valence electrons. The van der Waals surface area contributed by atoms with E-state index >= 15 is 0 Å². The van der Waals surface area contributed by atoms with Crippen LogP contribution in [-0.2, 0) is 6.42 Å². The molecule has 2 heteroatoms. The van der Waals surface area contributed by atoms with Crippen LogP contribution in [0.15, 0.2) is 18.2 Å². The number of carbonyl (C=O) groups is 1. The van der Waals surface area contributed by atoms with Gasteiger partial charge in [0.2, 0.25) is 0 Å². The van der Waals surface area contributed by atoms with Crippen LogP contribution in [-0.4, -0.2) is 11.4 Å². The third-order valence-corrected chi connectivity index (χ3v) is 5.09. The first-order valence-electron chi connectivity index (χ1n) is 10.6. The number of phenols is 1. The molecule has 1 aromatic carbocycles. The predicted octanol–water partition coefficient (Wildman–Crippen LogP) is 7.23. The minimum atomic E-state index is 0.109. The number of rotatable bonds is 16. The fourth-order valence-corrected chi connectivity index (χ4v) is 3.46. The number of carbonyl (C=O) groups excluding carboxylic acids is 1. The lowest BCUT2D eigenvalue weighted by Gasteiger charge is -2.06. The Bertz CT molecular complexity index is 453. The summed E-state index contributed by atoms with van der Waals surface area (Å²) >= 11 is 0. The van der Waals surface area contributed by atoms with Gasteiger partial charge in [0, 0.05) is 0 Å². The number of hydrogen-bond donors (Lipinski definition) is 1. The van der Waals surface area contributed by atoms with Gasteiger partial charge in [-0.3, -0.25) is 4.79 Å². The first-order valence-corrected chi connectivity index (χ1v) is 10.6. The lowest BCUT2D eigenvalue weighted by atomic mass is 10.00. The van der Waals surface area contributed by atoms with E-state index in [9.17, 15) is 9.90 Å². The summed E-state index contributed by atoms with van der Waals surface area (Å²) in [5.41, 5.74) is 1.45. The number of benzene rings is 1. The summed E-state index contributed by atoms with van der Waals surface area (Å²) in [5, 5.41) is 9.68. The first-order chi connectivity index (χ1) is 12.3. The van der Waals surface area contributed by atoms with Crippen LogP contribution in [0.2, 0.25) is 0 Å². The molecule has 1 aromatic rings. The number of phenolic OH excluding ortho intramolecular Hbond substituents is 1. The number of aldehydes is 1. The van der Waals surface area contributed by atoms with E-state index in [4.69, 9.17) is 0 Å². The van der Waals surface area contributed by atoms with Crippen molar-refractivity contribution in [1.82, 2.24) is 0 Å². The molecule has 0 atom stereocenters. The van der Waals surface area contributed by atoms with E-state index in [0.717, 1.165) is 24.7 Å². The summed E-state index contributed by atoms with van der Waals surface area (Å²) in [4.78, 5) is 11.0. The van der Waals surface area contributed by atoms with Gasteiger partial charge in [-0.2, -0.15) is 0 Å². The monoisotopic (exact) mass is 346 g/mol. The maximum absolute atomic E-state index is 11.0. The molecule has 0 bridgehead atoms. The summed E-state index contributed by atoms with van der Waals surface area (Å²) in [6.07, 6.45) is 20.6. The van der Waals surface area contributed by atoms with Crippen molar-refractivity contribution in [2.45, 2.75) is 103 Å². The fourth-order valence-electron chi connectivity index (χ4n) is 3.46. The molecule has 0 amide bonds. The molecule has 0 aromatic heterocycles. The average Bonchev–Trinajstić information content (AvgIpc) is 2.62. The minimum Gasteiger partial charge on any atom is -0.507 e. The summed E-state index contributed by atoms with van der Waals surface area (Å²) in [7, 11) is 0. The number of unbranched alkanes of at least 4 members (excludes halogenated alkanes) is 13. The Morgan fingerprint density at radius 3 is 1.72 bits per heavy atom. The van der Waals surface area contributed by atoms with Crippen molar-refractivity contribution in [3.8, 4) is 5.75 Å². The van der Waals surface area contributed by atoms with Crippen LogP contribution >= 0.6 is 0 Å². The van der Waals surface area contributed by atoms with Gasteiger partial charge in [-0.1, -0.05) is 103 Å². The molecule has 0 heterocycles. The Morgan fingerprint density at radius 2 is 1.24 bits per heavy atom. The molecule has 0 saturated carbocycles. The molecule has 0 aliphatic rings. The quantitative estimate of drug-likeness (QED) is 0.253. The van der Waals surface area contributed by atoms with E-state index in [1.807, 2.05) is 12.1 Å². The maximum Gasteiger partial charge on any atom is 0.154 e. The van der Waals surface area contributed by atoms with Crippen LogP contribution in [0.5, 0.6) is 5.75 Å². The van der Waals surface area contributed by atoms with Crippen molar-refractivity contribution in [2.75, 3.05) is 0 Å². The molecule has 0 radical (unpaired) electrons. The second-order valence-electron chi connectivity index (χ2n) is 7.31. The Balaban J connectivity index is 1.91. The molecule has 0 aliphatic heterocycles. The summed E-state index contributed by atoms with van der Waals surface area (Å²) in [6, 6.07) is 5.35. The summed E-state index contributed by atoms with van der Waals surface area (Å²) in [5.74, 6) is 0.109. The summed E-state index contributed by atoms with van der Waals surface area (Å²) in [6.45, 7) is 2.27. The summed E-state index contributed by atoms with van der Waals surface area (Å²) < 4.78 is 0. The number of hydrogen-bond acceptors (Lipinski definition) is 2. The SMILES string of the molecule is CCCCCCCCCCCCCCCCc1cccc(O)c1C=O. The first kappa shape index (κ1) is 21.7. The molecule has 2 nitrogen and oxygen atoms in total. The second-order valence-corrected chi connectivity index (χ2v) is 7.31. The highest BCUT2D eigenvalue weighted by molar-refractivity contribution is 5.81. The predicted molar refractivity (Wildman–Crippen MR) is 108 cm³/mol. The molecule has 1 N–H and O–H groups in total. The average molecular weight is 347 g/mol. The van der Waals surface area contributed by atoms with Gasteiger partial charge in [-0.25, -0.2) is 0 Å². The standard InChI is InChI=1S/C23H38O2/c1-2-3-4-5-6-7-8-9-10-11-12-13-14-15-17-21-18-16-19-23(25)22(21)20-24/h16,18-20,25H,2-15,17H2,1H3. The highest BCUT2D eigenvalue weighted by atomic mass is 16.3. The molecule has 1 rings (SSSR count). The lowest BCUT2D eigenvalue weighted by molar-refractivity contribution is 0.112. The van der Waals surface area contributed by atoms with Gasteiger partial charge < -0.3 is 5.11 Å². The van der Waals surface area contributed by atoms with Crippen molar-refractivity contribution in [3.05, 3.63) is 29.3 Å². The van der Waals surface area contributed by atoms with Crippen molar-refractivity contribution >= 4 is 6.29 Å². The van der Waals surface area contributed by atoms with Gasteiger partial charge >= 0.3 is 0 Å². The highest BCUT2D eigenvalue weighted by Crippen LogP contribution is 2.21. The third kappa shape index (κ3) is 10.3. The van der Waals surface area contributed by atoms with Crippen LogP contribution in [0, 0.1) is 0 Å². The lowest BCUT2D eigenvalue weighted by Crippen LogP contribution is -1.94. The van der Waals surface area contributed by atoms with Crippen molar-refractivity contribution < 1.29 is 9.90 Å². The molecule has 0 unspecified atom stereocenters. The third-order valence-electron chi connectivity index (χ3n) is 5.09. The van der Waals surface area contributed by atoms with E-state index in [1.54, 1.807) is 6.07 Å². The van der Waals surface area contributed by atoms with Crippen LogP contribution in [0.4, 0.5) is 0 Å². The number of aromatic hydroxyl groups is 1. The van der Waals surface area contributed by atoms with E-state index in [0.29, 0.717) is 5.56 Å². The Morgan fingerprint density at radius 1 is 0.760 bits per heavy atom. The van der Waals surface area contributed by atoms with Crippen molar-refractivity contribution in [3.63, 3.8) is 0 Å². The second kappa shape index (κ2) is 15.0. The topological polar surface area (TPSA) is 37.3 Å². The van der Waals surface area contributed by atoms with E-state index in [1.165, 1.54) is 83.5 Å². The van der Waals surface area contributed by atoms with Crippen molar-refractivity contribution in [2.24, 2.45) is 0 Å². The largest absolute Gasteiger partial charge is 0.507 e. The van der Waals surface area contributed by atoms with Gasteiger partial charge in [0.15, 0.2) is 6.29 Å². The van der Waals surface area contributed by atoms with Crippen LogP contribution < -0.4 is 0 Å². The maximum atomic E-state index is 11.0. The van der Waals surface area contributed by atoms with E-state index in [2.05, 4.69) is 6.92 Å². The smallest absolute Gasteiger partial charge is 0.154 e. The zero-order chi connectivity index (χ0) is 18.2. The van der Waals surface area contributed by atoms with Gasteiger partial charge in [0.1, 0.15) is 5.75 Å². The van der Waals surface area contributed by atoms with Gasteiger partial charge in [-0.15, -0.1) is 0 Å². The Kier molecular flexibility index (Phi) is 13.0. The molecule has 0 fully saturated rings. The van der Waals surface area contributed by atoms with Crippen molar-refractivity contribution in [1.29, 1.82) is 0 Å². The molecule has 0 aliphatic carbocycles. The zero-order valence-corrected chi connectivity index (χ0v) is 16.3. The molecular formula is C23H38O2. The zero-order valence-electron chi connectivity index (χ0n) is 16.3. The van der Waals surface area contributed by atoms with Gasteiger partial charge in [0.05, 0.1) is 5.56 Å². The molecule has 0 saturated heterocycles. The van der Waals surface area contributed by atoms with Crippen LogP contribution in [0.1, 0.15) is 113 Å². The highest BCUT2D eigenvalue weighted by Gasteiger charge is 2.05. The molecular weight excluding hydrogens is 308 g/mol. The van der Waals surface area contributed by atoms with E-state index < -0.39 is 0 Å². The van der Waals surface area contributed by atoms with Crippen LogP contribution in [0.25, 0.3) is 0 Å². The minimum absolute atomic E-state index is 0.109. The van der Waals surface area contributed by atoms with Gasteiger partial charge in [0.25, 0.3) is 0 Å². The molecule has 0 spiro atoms. The normalized spacial score (nSPS) is 10.9. The molecule has 25 heavy (non-hydrogen) atoms. The van der Waals surface area contributed by atoms with Crippen LogP contribution in [0.3, 0.4) is 0 Å².